The van der Waals surface area contributed by atoms with E-state index >= 15 is 0 Å². The summed E-state index contributed by atoms with van der Waals surface area (Å²) in [6, 6.07) is 4.84. The minimum absolute atomic E-state index is 0.0336. The molecule has 2 fully saturated rings. The molecule has 134 valence electrons. The summed E-state index contributed by atoms with van der Waals surface area (Å²) in [6.45, 7) is 6.90. The van der Waals surface area contributed by atoms with E-state index in [9.17, 15) is 4.79 Å². The van der Waals surface area contributed by atoms with Gasteiger partial charge in [-0.3, -0.25) is 4.79 Å². The van der Waals surface area contributed by atoms with Crippen LogP contribution in [0, 0.1) is 13.8 Å². The van der Waals surface area contributed by atoms with Crippen LogP contribution in [0.25, 0.3) is 0 Å². The Bertz CT molecular complexity index is 761. The van der Waals surface area contributed by atoms with Crippen molar-refractivity contribution in [3.63, 3.8) is 0 Å². The number of amides is 1. The van der Waals surface area contributed by atoms with Crippen molar-refractivity contribution in [3.05, 3.63) is 33.3 Å². The van der Waals surface area contributed by atoms with Crippen LogP contribution in [-0.4, -0.2) is 45.4 Å². The number of hydrogen-bond acceptors (Lipinski definition) is 5. The Labute approximate surface area is 152 Å². The molecule has 0 spiro atoms. The van der Waals surface area contributed by atoms with E-state index in [2.05, 4.69) is 34.7 Å². The smallest absolute Gasteiger partial charge is 0.276 e. The van der Waals surface area contributed by atoms with Gasteiger partial charge in [-0.15, -0.1) is 16.4 Å². The van der Waals surface area contributed by atoms with E-state index in [4.69, 9.17) is 0 Å². The van der Waals surface area contributed by atoms with Crippen molar-refractivity contribution < 1.29 is 4.79 Å². The van der Waals surface area contributed by atoms with E-state index in [-0.39, 0.29) is 11.9 Å². The van der Waals surface area contributed by atoms with Crippen LogP contribution in [0.5, 0.6) is 0 Å². The molecule has 0 saturated carbocycles. The monoisotopic (exact) mass is 359 g/mol. The first-order valence-corrected chi connectivity index (χ1v) is 9.96. The topological polar surface area (TPSA) is 63.1 Å². The van der Waals surface area contributed by atoms with Gasteiger partial charge in [0.1, 0.15) is 0 Å². The van der Waals surface area contributed by atoms with Crippen LogP contribution in [0.2, 0.25) is 0 Å². The van der Waals surface area contributed by atoms with Crippen LogP contribution in [-0.2, 0) is 0 Å². The summed E-state index contributed by atoms with van der Waals surface area (Å²) in [5, 5.41) is 12.0. The maximum atomic E-state index is 13.2. The number of aryl methyl sites for hydroxylation is 1. The van der Waals surface area contributed by atoms with Crippen LogP contribution >= 0.6 is 11.3 Å². The number of piperidine rings is 1. The summed E-state index contributed by atoms with van der Waals surface area (Å²) in [4.78, 5) is 17.7. The van der Waals surface area contributed by atoms with Gasteiger partial charge in [0, 0.05) is 16.3 Å². The summed E-state index contributed by atoms with van der Waals surface area (Å²) in [5.41, 5.74) is 1.43. The molecular formula is C18H25N5OS. The molecule has 25 heavy (non-hydrogen) atoms. The van der Waals surface area contributed by atoms with Crippen LogP contribution in [0.1, 0.15) is 63.7 Å². The van der Waals surface area contributed by atoms with Crippen LogP contribution in [0.15, 0.2) is 12.1 Å². The highest BCUT2D eigenvalue weighted by Crippen LogP contribution is 2.36. The standard InChI is InChI=1S/C18H25N5OS/c1-12-5-6-16(25-12)15-4-3-11-22(15)18(24)17-13(2)23(21-20-17)14-7-9-19-10-8-14/h5-6,14-15,19H,3-4,7-11H2,1-2H3. The predicted octanol–water partition coefficient (Wildman–Crippen LogP) is 2.86. The Morgan fingerprint density at radius 2 is 2.04 bits per heavy atom. The van der Waals surface area contributed by atoms with Gasteiger partial charge >= 0.3 is 0 Å². The molecule has 1 amide bonds. The molecule has 1 N–H and O–H groups in total. The lowest BCUT2D eigenvalue weighted by Crippen LogP contribution is -2.32. The predicted molar refractivity (Wildman–Crippen MR) is 98.0 cm³/mol. The molecule has 4 rings (SSSR count). The minimum atomic E-state index is 0.0336. The van der Waals surface area contributed by atoms with Crippen LogP contribution in [0.3, 0.4) is 0 Å². The first kappa shape index (κ1) is 16.7. The SMILES string of the molecule is Cc1ccc(C2CCCN2C(=O)c2nnn(C3CCNCC3)c2C)s1. The van der Waals surface area contributed by atoms with Gasteiger partial charge in [0.05, 0.1) is 17.8 Å². The molecule has 2 aromatic heterocycles. The van der Waals surface area contributed by atoms with Gasteiger partial charge in [0.15, 0.2) is 5.69 Å². The molecule has 6 nitrogen and oxygen atoms in total. The second-order valence-corrected chi connectivity index (χ2v) is 8.37. The summed E-state index contributed by atoms with van der Waals surface area (Å²) in [6.07, 6.45) is 4.17. The normalized spacial score (nSPS) is 21.8. The lowest BCUT2D eigenvalue weighted by Gasteiger charge is -2.24. The molecule has 1 atom stereocenters. The molecule has 4 heterocycles. The number of hydrogen-bond donors (Lipinski definition) is 1. The third kappa shape index (κ3) is 3.11. The van der Waals surface area contributed by atoms with Gasteiger partial charge in [-0.2, -0.15) is 0 Å². The molecule has 7 heteroatoms. The van der Waals surface area contributed by atoms with E-state index in [0.717, 1.165) is 51.0 Å². The third-order valence-corrected chi connectivity index (χ3v) is 6.49. The number of thiophene rings is 1. The van der Waals surface area contributed by atoms with Gasteiger partial charge in [0.25, 0.3) is 5.91 Å². The van der Waals surface area contributed by atoms with Gasteiger partial charge < -0.3 is 10.2 Å². The fraction of sp³-hybridized carbons (Fsp3) is 0.611. The largest absolute Gasteiger partial charge is 0.329 e. The van der Waals surface area contributed by atoms with Gasteiger partial charge in [-0.25, -0.2) is 4.68 Å². The highest BCUT2D eigenvalue weighted by atomic mass is 32.1. The third-order valence-electron chi connectivity index (χ3n) is 5.39. The van der Waals surface area contributed by atoms with Gasteiger partial charge in [-0.1, -0.05) is 5.21 Å². The molecule has 2 aliphatic rings. The lowest BCUT2D eigenvalue weighted by molar-refractivity contribution is 0.0731. The quantitative estimate of drug-likeness (QED) is 0.915. The molecular weight excluding hydrogens is 334 g/mol. The molecule has 2 saturated heterocycles. The first-order chi connectivity index (χ1) is 12.1. The number of nitrogens with zero attached hydrogens (tertiary/aromatic N) is 4. The molecule has 2 aromatic rings. The van der Waals surface area contributed by atoms with Gasteiger partial charge in [0.2, 0.25) is 0 Å². The molecule has 1 unspecified atom stereocenters. The number of nitrogens with one attached hydrogen (secondary N) is 1. The minimum Gasteiger partial charge on any atom is -0.329 e. The Morgan fingerprint density at radius 1 is 1.24 bits per heavy atom. The number of carbonyl (C=O) groups is 1. The van der Waals surface area contributed by atoms with Crippen molar-refractivity contribution in [2.24, 2.45) is 0 Å². The molecule has 0 bridgehead atoms. The maximum absolute atomic E-state index is 13.2. The number of rotatable bonds is 3. The van der Waals surface area contributed by atoms with Crippen LogP contribution < -0.4 is 5.32 Å². The summed E-state index contributed by atoms with van der Waals surface area (Å²) < 4.78 is 1.97. The highest BCUT2D eigenvalue weighted by Gasteiger charge is 2.34. The van der Waals surface area contributed by atoms with E-state index in [0.29, 0.717) is 11.7 Å². The van der Waals surface area contributed by atoms with Crippen molar-refractivity contribution >= 4 is 17.2 Å². The lowest BCUT2D eigenvalue weighted by atomic mass is 10.1. The van der Waals surface area contributed by atoms with Crippen molar-refractivity contribution in [3.8, 4) is 0 Å². The van der Waals surface area contributed by atoms with Gasteiger partial charge in [-0.05, 0) is 64.8 Å². The van der Waals surface area contributed by atoms with Crippen molar-refractivity contribution in [1.82, 2.24) is 25.2 Å². The van der Waals surface area contributed by atoms with E-state index in [1.54, 1.807) is 11.3 Å². The van der Waals surface area contributed by atoms with Crippen molar-refractivity contribution in [2.75, 3.05) is 19.6 Å². The molecule has 0 radical (unpaired) electrons. The average molecular weight is 359 g/mol. The molecule has 2 aliphatic heterocycles. The highest BCUT2D eigenvalue weighted by molar-refractivity contribution is 7.12. The maximum Gasteiger partial charge on any atom is 0.276 e. The Morgan fingerprint density at radius 3 is 2.76 bits per heavy atom. The zero-order chi connectivity index (χ0) is 17.4. The fourth-order valence-electron chi connectivity index (χ4n) is 4.01. The number of aromatic nitrogens is 3. The number of carbonyl (C=O) groups excluding carboxylic acids is 1. The second kappa shape index (κ2) is 6.88. The summed E-state index contributed by atoms with van der Waals surface area (Å²) in [7, 11) is 0. The van der Waals surface area contributed by atoms with Crippen LogP contribution in [0.4, 0.5) is 0 Å². The van der Waals surface area contributed by atoms with E-state index in [1.807, 2.05) is 16.5 Å². The van der Waals surface area contributed by atoms with Crippen molar-refractivity contribution in [2.45, 2.75) is 51.6 Å². The summed E-state index contributed by atoms with van der Waals surface area (Å²) in [5.74, 6) is 0.0336. The van der Waals surface area contributed by atoms with Crippen molar-refractivity contribution in [1.29, 1.82) is 0 Å². The Kier molecular flexibility index (Phi) is 4.60. The first-order valence-electron chi connectivity index (χ1n) is 9.15. The van der Waals surface area contributed by atoms with E-state index < -0.39 is 0 Å². The zero-order valence-corrected chi connectivity index (χ0v) is 15.7. The number of likely N-dealkylation sites (tertiary alicyclic amines) is 1. The molecule has 0 aliphatic carbocycles. The fourth-order valence-corrected chi connectivity index (χ4v) is 5.04. The second-order valence-electron chi connectivity index (χ2n) is 7.05. The van der Waals surface area contributed by atoms with E-state index in [1.165, 1.54) is 9.75 Å². The summed E-state index contributed by atoms with van der Waals surface area (Å²) >= 11 is 1.79. The Hall–Kier alpha value is -1.73. The average Bonchev–Trinajstić information content (AvgIpc) is 3.34. The molecule has 0 aromatic carbocycles. The Balaban J connectivity index is 1.57. The zero-order valence-electron chi connectivity index (χ0n) is 14.9.